The van der Waals surface area contributed by atoms with Crippen molar-refractivity contribution in [1.82, 2.24) is 30.0 Å². The van der Waals surface area contributed by atoms with E-state index in [-0.39, 0.29) is 5.54 Å². The first-order valence-electron chi connectivity index (χ1n) is 14.7. The van der Waals surface area contributed by atoms with Crippen molar-refractivity contribution in [2.24, 2.45) is 0 Å². The summed E-state index contributed by atoms with van der Waals surface area (Å²) in [5.74, 6) is 0.342. The number of aromatic hydroxyl groups is 1. The van der Waals surface area contributed by atoms with E-state index in [2.05, 4.69) is 79.1 Å². The number of piperazine rings is 1. The van der Waals surface area contributed by atoms with Crippen molar-refractivity contribution in [2.45, 2.75) is 76.7 Å². The normalized spacial score (nSPS) is 23.3. The van der Waals surface area contributed by atoms with E-state index >= 15 is 0 Å². The summed E-state index contributed by atoms with van der Waals surface area (Å²) < 4.78 is 0. The number of piperidine rings is 1. The molecule has 0 saturated carbocycles. The number of hydrogen-bond donors (Lipinski definition) is 2. The molecule has 0 radical (unpaired) electrons. The van der Waals surface area contributed by atoms with Gasteiger partial charge in [-0.15, -0.1) is 0 Å². The van der Waals surface area contributed by atoms with Crippen LogP contribution in [-0.2, 0) is 12.1 Å². The van der Waals surface area contributed by atoms with Gasteiger partial charge in [-0.3, -0.25) is 19.7 Å². The van der Waals surface area contributed by atoms with Gasteiger partial charge in [-0.05, 0) is 82.6 Å². The molecule has 3 atom stereocenters. The smallest absolute Gasteiger partial charge is 0.115 e. The Bertz CT molecular complexity index is 1240. The minimum Gasteiger partial charge on any atom is -0.508 e. The SMILES string of the molecule is CCCC(c1cnc2cc(CN3CCC(c4cccc(O)c4)(N(C)C)CC3)ccc2n1)N1C[C@@H](C)N[C@@H](C)C1. The summed E-state index contributed by atoms with van der Waals surface area (Å²) >= 11 is 0. The van der Waals surface area contributed by atoms with E-state index < -0.39 is 0 Å². The van der Waals surface area contributed by atoms with Crippen LogP contribution in [0.15, 0.2) is 48.7 Å². The van der Waals surface area contributed by atoms with Crippen molar-refractivity contribution >= 4 is 11.0 Å². The number of likely N-dealkylation sites (tertiary alicyclic amines) is 1. The zero-order chi connectivity index (χ0) is 27.6. The predicted molar refractivity (Wildman–Crippen MR) is 159 cm³/mol. The first-order valence-corrected chi connectivity index (χ1v) is 14.7. The van der Waals surface area contributed by atoms with Crippen LogP contribution in [0.3, 0.4) is 0 Å². The lowest BCUT2D eigenvalue weighted by atomic mass is 9.79. The van der Waals surface area contributed by atoms with E-state index in [4.69, 9.17) is 9.97 Å². The molecule has 0 bridgehead atoms. The van der Waals surface area contributed by atoms with Gasteiger partial charge >= 0.3 is 0 Å². The molecule has 2 saturated heterocycles. The summed E-state index contributed by atoms with van der Waals surface area (Å²) in [6.45, 7) is 11.8. The van der Waals surface area contributed by atoms with Gasteiger partial charge in [0.2, 0.25) is 0 Å². The average Bonchev–Trinajstić information content (AvgIpc) is 2.91. The molecule has 1 unspecified atom stereocenters. The van der Waals surface area contributed by atoms with Gasteiger partial charge in [-0.2, -0.15) is 0 Å². The first-order chi connectivity index (χ1) is 18.8. The number of nitrogens with zero attached hydrogens (tertiary/aromatic N) is 5. The molecule has 2 fully saturated rings. The molecule has 39 heavy (non-hydrogen) atoms. The Hall–Kier alpha value is -2.58. The van der Waals surface area contributed by atoms with Crippen LogP contribution >= 0.6 is 0 Å². The fourth-order valence-corrected chi connectivity index (χ4v) is 6.87. The molecule has 0 amide bonds. The molecule has 2 N–H and O–H groups in total. The first kappa shape index (κ1) is 28.0. The third kappa shape index (κ3) is 6.12. The molecule has 7 nitrogen and oxygen atoms in total. The van der Waals surface area contributed by atoms with Gasteiger partial charge in [-0.25, -0.2) is 4.98 Å². The number of phenols is 1. The largest absolute Gasteiger partial charge is 0.508 e. The van der Waals surface area contributed by atoms with Crippen molar-refractivity contribution < 1.29 is 5.11 Å². The van der Waals surface area contributed by atoms with Gasteiger partial charge in [0, 0.05) is 50.3 Å². The van der Waals surface area contributed by atoms with Crippen LogP contribution in [0.1, 0.15) is 69.3 Å². The van der Waals surface area contributed by atoms with Crippen LogP contribution in [-0.4, -0.2) is 82.1 Å². The molecule has 1 aromatic heterocycles. The van der Waals surface area contributed by atoms with Crippen molar-refractivity contribution in [3.05, 3.63) is 65.5 Å². The Morgan fingerprint density at radius 2 is 1.79 bits per heavy atom. The van der Waals surface area contributed by atoms with Crippen molar-refractivity contribution in [3.63, 3.8) is 0 Å². The number of nitrogens with one attached hydrogen (secondary N) is 1. The Morgan fingerprint density at radius 1 is 1.05 bits per heavy atom. The fourth-order valence-electron chi connectivity index (χ4n) is 6.87. The number of rotatable bonds is 8. The minimum absolute atomic E-state index is 0.0461. The van der Waals surface area contributed by atoms with E-state index in [0.29, 0.717) is 23.9 Å². The van der Waals surface area contributed by atoms with E-state index in [1.807, 2.05) is 18.3 Å². The molecule has 2 aromatic carbocycles. The third-order valence-electron chi connectivity index (χ3n) is 8.88. The molecule has 7 heteroatoms. The maximum Gasteiger partial charge on any atom is 0.115 e. The minimum atomic E-state index is -0.0461. The monoisotopic (exact) mass is 530 g/mol. The van der Waals surface area contributed by atoms with E-state index in [1.165, 1.54) is 11.1 Å². The van der Waals surface area contributed by atoms with Gasteiger partial charge < -0.3 is 10.4 Å². The summed E-state index contributed by atoms with van der Waals surface area (Å²) in [7, 11) is 4.31. The Labute approximate surface area is 234 Å². The van der Waals surface area contributed by atoms with Crippen LogP contribution in [0.4, 0.5) is 0 Å². The molecule has 3 heterocycles. The number of phenolic OH excluding ortho intramolecular Hbond substituents is 1. The topological polar surface area (TPSA) is 67.8 Å². The number of aromatic nitrogens is 2. The lowest BCUT2D eigenvalue weighted by molar-refractivity contribution is 0.0506. The quantitative estimate of drug-likeness (QED) is 0.429. The molecule has 3 aromatic rings. The van der Waals surface area contributed by atoms with E-state index in [1.54, 1.807) is 6.07 Å². The van der Waals surface area contributed by atoms with Gasteiger partial charge in [0.25, 0.3) is 0 Å². The number of fused-ring (bicyclic) bond motifs is 1. The highest BCUT2D eigenvalue weighted by Gasteiger charge is 2.38. The third-order valence-corrected chi connectivity index (χ3v) is 8.88. The summed E-state index contributed by atoms with van der Waals surface area (Å²) in [6, 6.07) is 15.7. The number of hydrogen-bond acceptors (Lipinski definition) is 7. The van der Waals surface area contributed by atoms with Crippen LogP contribution in [0.2, 0.25) is 0 Å². The second kappa shape index (κ2) is 11.9. The summed E-state index contributed by atoms with van der Waals surface area (Å²) in [6.07, 6.45) is 6.31. The van der Waals surface area contributed by atoms with Crippen molar-refractivity contribution in [3.8, 4) is 5.75 Å². The Morgan fingerprint density at radius 3 is 2.46 bits per heavy atom. The van der Waals surface area contributed by atoms with E-state index in [0.717, 1.165) is 75.1 Å². The van der Waals surface area contributed by atoms with Gasteiger partial charge in [0.15, 0.2) is 0 Å². The zero-order valence-electron chi connectivity index (χ0n) is 24.4. The second-order valence-corrected chi connectivity index (χ2v) is 12.1. The van der Waals surface area contributed by atoms with Crippen molar-refractivity contribution in [1.29, 1.82) is 0 Å². The van der Waals surface area contributed by atoms with Gasteiger partial charge in [0.1, 0.15) is 5.75 Å². The van der Waals surface area contributed by atoms with Crippen molar-refractivity contribution in [2.75, 3.05) is 40.3 Å². The molecule has 210 valence electrons. The highest BCUT2D eigenvalue weighted by molar-refractivity contribution is 5.74. The fraction of sp³-hybridized carbons (Fsp3) is 0.562. The standard InChI is InChI=1S/C32H46N6O/c1-6-8-31(38-20-23(2)34-24(3)21-38)30-19-33-29-17-25(11-12-28(29)35-30)22-37-15-13-32(14-16-37,36(4)5)26-9-7-10-27(39)18-26/h7,9-12,17-19,23-24,31,34,39H,6,8,13-16,20-22H2,1-5H3/t23-,24+,31?. The number of benzene rings is 2. The summed E-state index contributed by atoms with van der Waals surface area (Å²) in [5.41, 5.74) is 5.51. The van der Waals surface area contributed by atoms with Crippen LogP contribution in [0.25, 0.3) is 11.0 Å². The predicted octanol–water partition coefficient (Wildman–Crippen LogP) is 4.91. The van der Waals surface area contributed by atoms with E-state index in [9.17, 15) is 5.11 Å². The van der Waals surface area contributed by atoms with Crippen LogP contribution < -0.4 is 5.32 Å². The van der Waals surface area contributed by atoms with Crippen LogP contribution in [0, 0.1) is 0 Å². The molecule has 2 aliphatic heterocycles. The second-order valence-electron chi connectivity index (χ2n) is 12.1. The lowest BCUT2D eigenvalue weighted by Gasteiger charge is -2.46. The van der Waals surface area contributed by atoms with Gasteiger partial charge in [-0.1, -0.05) is 31.5 Å². The molecule has 5 rings (SSSR count). The molecule has 2 aliphatic rings. The average molecular weight is 531 g/mol. The molecule has 0 aliphatic carbocycles. The summed E-state index contributed by atoms with van der Waals surface area (Å²) in [4.78, 5) is 17.5. The Balaban J connectivity index is 1.28. The van der Waals surface area contributed by atoms with Crippen LogP contribution in [0.5, 0.6) is 5.75 Å². The molecular weight excluding hydrogens is 484 g/mol. The summed E-state index contributed by atoms with van der Waals surface area (Å²) in [5, 5.41) is 13.7. The highest BCUT2D eigenvalue weighted by atomic mass is 16.3. The zero-order valence-corrected chi connectivity index (χ0v) is 24.4. The maximum atomic E-state index is 10.1. The van der Waals surface area contributed by atoms with Gasteiger partial charge in [0.05, 0.1) is 29.0 Å². The molecule has 0 spiro atoms. The Kier molecular flexibility index (Phi) is 8.52. The molecular formula is C32H46N6O. The lowest BCUT2D eigenvalue weighted by Crippen LogP contribution is -2.55. The maximum absolute atomic E-state index is 10.1. The highest BCUT2D eigenvalue weighted by Crippen LogP contribution is 2.39.